The number of carbonyl (C=O) groups excluding carboxylic acids is 2. The Morgan fingerprint density at radius 2 is 1.74 bits per heavy atom. The van der Waals surface area contributed by atoms with E-state index in [0.29, 0.717) is 22.8 Å². The highest BCUT2D eigenvalue weighted by Gasteiger charge is 2.25. The van der Waals surface area contributed by atoms with E-state index in [9.17, 15) is 9.59 Å². The zero-order valence-electron chi connectivity index (χ0n) is 16.9. The molecule has 7 heteroatoms. The Balaban J connectivity index is 1.75. The smallest absolute Gasteiger partial charge is 0.296 e. The van der Waals surface area contributed by atoms with Gasteiger partial charge in [0.2, 0.25) is 0 Å². The first-order valence-electron chi connectivity index (χ1n) is 9.64. The monoisotopic (exact) mass is 451 g/mol. The molecule has 2 aromatic heterocycles. The lowest BCUT2D eigenvalue weighted by Crippen LogP contribution is -2.23. The number of benzene rings is 2. The molecule has 4 rings (SSSR count). The maximum absolute atomic E-state index is 13.2. The molecule has 5 nitrogen and oxygen atoms in total. The van der Waals surface area contributed by atoms with Gasteiger partial charge in [-0.3, -0.25) is 9.59 Å². The number of hydrogen-bond donors (Lipinski definition) is 1. The van der Waals surface area contributed by atoms with Gasteiger partial charge in [0.15, 0.2) is 0 Å². The summed E-state index contributed by atoms with van der Waals surface area (Å²) in [6, 6.07) is 16.5. The molecule has 0 saturated carbocycles. The van der Waals surface area contributed by atoms with Gasteiger partial charge in [0.1, 0.15) is 5.15 Å². The van der Waals surface area contributed by atoms with Crippen LogP contribution >= 0.6 is 23.2 Å². The third kappa shape index (κ3) is 4.33. The molecule has 2 heterocycles. The van der Waals surface area contributed by atoms with Crippen molar-refractivity contribution in [3.8, 4) is 0 Å². The van der Waals surface area contributed by atoms with Gasteiger partial charge < -0.3 is 9.88 Å². The van der Waals surface area contributed by atoms with Crippen LogP contribution in [-0.4, -0.2) is 21.2 Å². The molecule has 0 atom stereocenters. The molecule has 0 radical (unpaired) electrons. The number of nitrogens with one attached hydrogen (secondary N) is 1. The molecule has 156 valence electrons. The highest BCUT2D eigenvalue weighted by atomic mass is 35.5. The number of pyridine rings is 1. The number of fused-ring (bicyclic) bond motifs is 1. The van der Waals surface area contributed by atoms with E-state index in [4.69, 9.17) is 23.2 Å². The number of anilines is 1. The normalized spacial score (nSPS) is 11.0. The molecule has 2 aromatic carbocycles. The molecular weight excluding hydrogens is 433 g/mol. The van der Waals surface area contributed by atoms with Crippen LogP contribution in [0.1, 0.15) is 27.2 Å². The molecule has 1 amide bonds. The SMILES string of the molecule is Cc1ccc2c(c1)c(C(=O)C(=O)Nc1ccnc(Cl)c1)c(C)n2Cc1ccc(Cl)cc1. The quantitative estimate of drug-likeness (QED) is 0.235. The number of amides is 1. The maximum atomic E-state index is 13.2. The summed E-state index contributed by atoms with van der Waals surface area (Å²) in [6.45, 7) is 4.37. The zero-order valence-corrected chi connectivity index (χ0v) is 18.5. The lowest BCUT2D eigenvalue weighted by Gasteiger charge is -2.09. The summed E-state index contributed by atoms with van der Waals surface area (Å²) >= 11 is 11.9. The van der Waals surface area contributed by atoms with Crippen LogP contribution in [0.3, 0.4) is 0 Å². The second-order valence-electron chi connectivity index (χ2n) is 7.34. The Morgan fingerprint density at radius 1 is 1.00 bits per heavy atom. The van der Waals surface area contributed by atoms with Gasteiger partial charge >= 0.3 is 0 Å². The molecule has 0 aliphatic rings. The molecule has 4 aromatic rings. The maximum Gasteiger partial charge on any atom is 0.296 e. The minimum atomic E-state index is -0.725. The number of hydrogen-bond acceptors (Lipinski definition) is 3. The summed E-state index contributed by atoms with van der Waals surface area (Å²) < 4.78 is 2.04. The van der Waals surface area contributed by atoms with Gasteiger partial charge in [0, 0.05) is 40.0 Å². The van der Waals surface area contributed by atoms with Crippen LogP contribution in [0.15, 0.2) is 60.8 Å². The molecule has 0 aliphatic carbocycles. The summed E-state index contributed by atoms with van der Waals surface area (Å²) in [4.78, 5) is 29.8. The minimum Gasteiger partial charge on any atom is -0.340 e. The zero-order chi connectivity index (χ0) is 22.1. The van der Waals surface area contributed by atoms with Gasteiger partial charge in [0.05, 0.1) is 5.56 Å². The molecule has 0 spiro atoms. The van der Waals surface area contributed by atoms with E-state index in [0.717, 1.165) is 27.7 Å². The standard InChI is InChI=1S/C24H19Cl2N3O2/c1-14-3-8-20-19(11-14)22(15(2)29(20)13-16-4-6-17(25)7-5-16)23(30)24(31)28-18-9-10-27-21(26)12-18/h3-12H,13H2,1-2H3,(H,27,28,31). The Kier molecular flexibility index (Phi) is 5.81. The summed E-state index contributed by atoms with van der Waals surface area (Å²) in [5.74, 6) is -1.33. The van der Waals surface area contributed by atoms with Gasteiger partial charge in [-0.2, -0.15) is 0 Å². The number of halogens is 2. The average molecular weight is 452 g/mol. The van der Waals surface area contributed by atoms with Crippen LogP contribution in [-0.2, 0) is 11.3 Å². The van der Waals surface area contributed by atoms with Crippen LogP contribution in [0, 0.1) is 13.8 Å². The Hall–Kier alpha value is -3.15. The van der Waals surface area contributed by atoms with E-state index in [1.807, 2.05) is 60.9 Å². The van der Waals surface area contributed by atoms with Crippen molar-refractivity contribution in [2.75, 3.05) is 5.32 Å². The Labute approximate surface area is 189 Å². The van der Waals surface area contributed by atoms with E-state index in [-0.39, 0.29) is 5.15 Å². The lowest BCUT2D eigenvalue weighted by molar-refractivity contribution is -0.112. The summed E-state index contributed by atoms with van der Waals surface area (Å²) in [5, 5.41) is 4.26. The van der Waals surface area contributed by atoms with Gasteiger partial charge in [-0.05, 0) is 55.8 Å². The van der Waals surface area contributed by atoms with Crippen LogP contribution in [0.2, 0.25) is 10.2 Å². The van der Waals surface area contributed by atoms with Crippen molar-refractivity contribution in [1.82, 2.24) is 9.55 Å². The van der Waals surface area contributed by atoms with Gasteiger partial charge in [-0.1, -0.05) is 47.0 Å². The molecule has 0 saturated heterocycles. The fourth-order valence-electron chi connectivity index (χ4n) is 3.64. The number of nitrogens with zero attached hydrogens (tertiary/aromatic N) is 2. The third-order valence-electron chi connectivity index (χ3n) is 5.15. The lowest BCUT2D eigenvalue weighted by atomic mass is 10.0. The number of aryl methyl sites for hydroxylation is 1. The number of Topliss-reactive ketones (excluding diaryl/α,β-unsaturated/α-hetero) is 1. The van der Waals surface area contributed by atoms with Crippen LogP contribution in [0.5, 0.6) is 0 Å². The van der Waals surface area contributed by atoms with E-state index < -0.39 is 11.7 Å². The van der Waals surface area contributed by atoms with Crippen molar-refractivity contribution in [2.24, 2.45) is 0 Å². The van der Waals surface area contributed by atoms with Gasteiger partial charge in [-0.15, -0.1) is 0 Å². The van der Waals surface area contributed by atoms with Gasteiger partial charge in [-0.25, -0.2) is 4.98 Å². The van der Waals surface area contributed by atoms with Crippen LogP contribution in [0.25, 0.3) is 10.9 Å². The number of carbonyl (C=O) groups is 2. The highest BCUT2D eigenvalue weighted by molar-refractivity contribution is 6.48. The second-order valence-corrected chi connectivity index (χ2v) is 8.17. The van der Waals surface area contributed by atoms with Crippen molar-refractivity contribution in [3.63, 3.8) is 0 Å². The number of rotatable bonds is 5. The first-order valence-corrected chi connectivity index (χ1v) is 10.4. The van der Waals surface area contributed by atoms with Gasteiger partial charge in [0.25, 0.3) is 11.7 Å². The van der Waals surface area contributed by atoms with Crippen molar-refractivity contribution < 1.29 is 9.59 Å². The molecule has 0 fully saturated rings. The first-order chi connectivity index (χ1) is 14.8. The molecule has 0 bridgehead atoms. The topological polar surface area (TPSA) is 64.0 Å². The van der Waals surface area contributed by atoms with Crippen molar-refractivity contribution in [1.29, 1.82) is 0 Å². The Bertz CT molecular complexity index is 1310. The third-order valence-corrected chi connectivity index (χ3v) is 5.61. The molecule has 31 heavy (non-hydrogen) atoms. The molecule has 0 aliphatic heterocycles. The van der Waals surface area contributed by atoms with Crippen molar-refractivity contribution in [2.45, 2.75) is 20.4 Å². The summed E-state index contributed by atoms with van der Waals surface area (Å²) in [7, 11) is 0. The first kappa shape index (κ1) is 21.1. The van der Waals surface area contributed by atoms with Crippen molar-refractivity contribution >= 4 is 51.5 Å². The predicted molar refractivity (Wildman–Crippen MR) is 124 cm³/mol. The van der Waals surface area contributed by atoms with E-state index in [1.54, 1.807) is 6.07 Å². The Morgan fingerprint density at radius 3 is 2.45 bits per heavy atom. The minimum absolute atomic E-state index is 0.233. The summed E-state index contributed by atoms with van der Waals surface area (Å²) in [6.07, 6.45) is 1.47. The fourth-order valence-corrected chi connectivity index (χ4v) is 3.94. The van der Waals surface area contributed by atoms with Crippen LogP contribution < -0.4 is 5.32 Å². The largest absolute Gasteiger partial charge is 0.340 e. The van der Waals surface area contributed by atoms with E-state index in [1.165, 1.54) is 12.3 Å². The number of aromatic nitrogens is 2. The van der Waals surface area contributed by atoms with E-state index in [2.05, 4.69) is 10.3 Å². The summed E-state index contributed by atoms with van der Waals surface area (Å²) in [5.41, 5.74) is 4.47. The molecule has 0 unspecified atom stereocenters. The molecule has 1 N–H and O–H groups in total. The van der Waals surface area contributed by atoms with Crippen molar-refractivity contribution in [3.05, 3.63) is 93.4 Å². The molecular formula is C24H19Cl2N3O2. The van der Waals surface area contributed by atoms with Crippen LogP contribution in [0.4, 0.5) is 5.69 Å². The predicted octanol–water partition coefficient (Wildman–Crippen LogP) is 5.83. The van der Waals surface area contributed by atoms with E-state index >= 15 is 0 Å². The number of ketones is 1. The fraction of sp³-hybridized carbons (Fsp3) is 0.125. The second kappa shape index (κ2) is 8.53. The highest BCUT2D eigenvalue weighted by Crippen LogP contribution is 2.29. The average Bonchev–Trinajstić information content (AvgIpc) is 2.99.